The first-order valence-electron chi connectivity index (χ1n) is 8.17. The first-order valence-corrected chi connectivity index (χ1v) is 10.4. The summed E-state index contributed by atoms with van der Waals surface area (Å²) in [5, 5.41) is 5.35. The van der Waals surface area contributed by atoms with E-state index in [1.807, 2.05) is 6.26 Å². The fourth-order valence-corrected chi connectivity index (χ4v) is 3.35. The molecule has 8 heteroatoms. The Morgan fingerprint density at radius 3 is 2.44 bits per heavy atom. The molecule has 4 nitrogen and oxygen atoms in total. The van der Waals surface area contributed by atoms with Gasteiger partial charge >= 0.3 is 0 Å². The molecule has 2 amide bonds. The molecule has 0 aliphatic heterocycles. The average molecular weight is 457 g/mol. The maximum atomic E-state index is 13.3. The highest BCUT2D eigenvalue weighted by molar-refractivity contribution is 9.10. The number of halogens is 3. The van der Waals surface area contributed by atoms with Crippen LogP contribution >= 0.6 is 27.7 Å². The molecule has 2 N–H and O–H groups in total. The first-order chi connectivity index (χ1) is 12.9. The standard InChI is InChI=1S/C19H19BrF2N2O2S/c1-27-7-6-17(24-18(25)15-4-2-3-5-16(15)20)19(26)23-11-12-8-13(21)10-14(22)9-12/h2-5,8-10,17H,6-7,11H2,1H3,(H,23,26)(H,24,25). The Bertz CT molecular complexity index is 800. The normalized spacial score (nSPS) is 11.7. The zero-order chi connectivity index (χ0) is 19.8. The van der Waals surface area contributed by atoms with Crippen molar-refractivity contribution in [1.29, 1.82) is 0 Å². The van der Waals surface area contributed by atoms with E-state index in [0.717, 1.165) is 18.2 Å². The Labute approximate surface area is 169 Å². The monoisotopic (exact) mass is 456 g/mol. The molecule has 0 radical (unpaired) electrons. The maximum Gasteiger partial charge on any atom is 0.253 e. The van der Waals surface area contributed by atoms with Crippen molar-refractivity contribution in [2.24, 2.45) is 0 Å². The summed E-state index contributed by atoms with van der Waals surface area (Å²) in [6, 6.07) is 9.23. The smallest absolute Gasteiger partial charge is 0.253 e. The molecular weight excluding hydrogens is 438 g/mol. The van der Waals surface area contributed by atoms with E-state index in [-0.39, 0.29) is 12.5 Å². The Morgan fingerprint density at radius 1 is 1.15 bits per heavy atom. The molecule has 0 saturated heterocycles. The second kappa shape index (κ2) is 10.4. The van der Waals surface area contributed by atoms with Crippen LogP contribution in [0.25, 0.3) is 0 Å². The predicted octanol–water partition coefficient (Wildman–Crippen LogP) is 3.90. The van der Waals surface area contributed by atoms with Crippen LogP contribution in [0.5, 0.6) is 0 Å². The van der Waals surface area contributed by atoms with Gasteiger partial charge in [-0.1, -0.05) is 12.1 Å². The van der Waals surface area contributed by atoms with E-state index in [1.165, 1.54) is 0 Å². The van der Waals surface area contributed by atoms with Gasteiger partial charge in [0.1, 0.15) is 17.7 Å². The number of carbonyl (C=O) groups excluding carboxylic acids is 2. The second-order valence-corrected chi connectivity index (χ2v) is 7.62. The molecular formula is C19H19BrF2N2O2S. The van der Waals surface area contributed by atoms with Crippen LogP contribution < -0.4 is 10.6 Å². The van der Waals surface area contributed by atoms with Gasteiger partial charge in [0.15, 0.2) is 0 Å². The number of thioether (sulfide) groups is 1. The molecule has 0 spiro atoms. The number of carbonyl (C=O) groups is 2. The Hall–Kier alpha value is -1.93. The van der Waals surface area contributed by atoms with E-state index in [2.05, 4.69) is 26.6 Å². The van der Waals surface area contributed by atoms with Crippen molar-refractivity contribution >= 4 is 39.5 Å². The minimum atomic E-state index is -0.754. The molecule has 2 rings (SSSR count). The molecule has 2 aromatic rings. The number of hydrogen-bond acceptors (Lipinski definition) is 3. The van der Waals surface area contributed by atoms with Gasteiger partial charge in [0, 0.05) is 17.1 Å². The predicted molar refractivity (Wildman–Crippen MR) is 107 cm³/mol. The summed E-state index contributed by atoms with van der Waals surface area (Å²) in [5.41, 5.74) is 0.730. The molecule has 0 heterocycles. The van der Waals surface area contributed by atoms with Gasteiger partial charge in [-0.05, 0) is 64.2 Å². The zero-order valence-corrected chi connectivity index (χ0v) is 17.0. The number of rotatable bonds is 8. The lowest BCUT2D eigenvalue weighted by molar-refractivity contribution is -0.123. The third-order valence-electron chi connectivity index (χ3n) is 3.74. The van der Waals surface area contributed by atoms with Crippen LogP contribution in [-0.4, -0.2) is 29.9 Å². The zero-order valence-electron chi connectivity index (χ0n) is 14.6. The highest BCUT2D eigenvalue weighted by Gasteiger charge is 2.22. The minimum absolute atomic E-state index is 0.0335. The van der Waals surface area contributed by atoms with Gasteiger partial charge in [-0.25, -0.2) is 8.78 Å². The summed E-state index contributed by atoms with van der Waals surface area (Å²) in [6.07, 6.45) is 2.33. The van der Waals surface area contributed by atoms with Crippen molar-refractivity contribution in [3.63, 3.8) is 0 Å². The van der Waals surface area contributed by atoms with Crippen LogP contribution in [0.2, 0.25) is 0 Å². The van der Waals surface area contributed by atoms with Crippen LogP contribution in [0.1, 0.15) is 22.3 Å². The number of hydrogen-bond donors (Lipinski definition) is 2. The van der Waals surface area contributed by atoms with Crippen molar-refractivity contribution in [3.05, 3.63) is 69.7 Å². The second-order valence-electron chi connectivity index (χ2n) is 5.78. The average Bonchev–Trinajstić information content (AvgIpc) is 2.62. The third-order valence-corrected chi connectivity index (χ3v) is 5.08. The van der Waals surface area contributed by atoms with Gasteiger partial charge in [-0.2, -0.15) is 11.8 Å². The van der Waals surface area contributed by atoms with Crippen LogP contribution in [0.3, 0.4) is 0 Å². The lowest BCUT2D eigenvalue weighted by Gasteiger charge is -2.18. The third kappa shape index (κ3) is 6.62. The van der Waals surface area contributed by atoms with Crippen molar-refractivity contribution in [1.82, 2.24) is 10.6 Å². The molecule has 27 heavy (non-hydrogen) atoms. The number of nitrogens with one attached hydrogen (secondary N) is 2. The van der Waals surface area contributed by atoms with Crippen molar-refractivity contribution < 1.29 is 18.4 Å². The summed E-state index contributed by atoms with van der Waals surface area (Å²) < 4.78 is 27.1. The van der Waals surface area contributed by atoms with Crippen LogP contribution in [0.15, 0.2) is 46.9 Å². The quantitative estimate of drug-likeness (QED) is 0.633. The molecule has 0 aromatic heterocycles. The highest BCUT2D eigenvalue weighted by Crippen LogP contribution is 2.16. The molecule has 2 aromatic carbocycles. The summed E-state index contributed by atoms with van der Waals surface area (Å²) in [6.45, 7) is -0.0335. The summed E-state index contributed by atoms with van der Waals surface area (Å²) in [4.78, 5) is 25.0. The Morgan fingerprint density at radius 2 is 1.81 bits per heavy atom. The first kappa shape index (κ1) is 21.4. The topological polar surface area (TPSA) is 58.2 Å². The van der Waals surface area contributed by atoms with Crippen molar-refractivity contribution in [2.75, 3.05) is 12.0 Å². The fourth-order valence-electron chi connectivity index (χ4n) is 2.41. The molecule has 1 atom stereocenters. The lowest BCUT2D eigenvalue weighted by Crippen LogP contribution is -2.47. The van der Waals surface area contributed by atoms with Gasteiger partial charge in [0.2, 0.25) is 5.91 Å². The lowest BCUT2D eigenvalue weighted by atomic mass is 10.1. The van der Waals surface area contributed by atoms with Crippen molar-refractivity contribution in [2.45, 2.75) is 19.0 Å². The summed E-state index contributed by atoms with van der Waals surface area (Å²) in [5.74, 6) is -1.53. The number of benzene rings is 2. The Kier molecular flexibility index (Phi) is 8.24. The van der Waals surface area contributed by atoms with Crippen LogP contribution in [0.4, 0.5) is 8.78 Å². The van der Waals surface area contributed by atoms with E-state index in [1.54, 1.807) is 36.0 Å². The van der Waals surface area contributed by atoms with Gasteiger partial charge < -0.3 is 10.6 Å². The van der Waals surface area contributed by atoms with Crippen molar-refractivity contribution in [3.8, 4) is 0 Å². The molecule has 0 bridgehead atoms. The van der Waals surface area contributed by atoms with E-state index in [0.29, 0.717) is 27.8 Å². The molecule has 0 saturated carbocycles. The van der Waals surface area contributed by atoms with E-state index in [9.17, 15) is 18.4 Å². The highest BCUT2D eigenvalue weighted by atomic mass is 79.9. The largest absolute Gasteiger partial charge is 0.350 e. The van der Waals surface area contributed by atoms with E-state index >= 15 is 0 Å². The van der Waals surface area contributed by atoms with Gasteiger partial charge in [0.05, 0.1) is 5.56 Å². The van der Waals surface area contributed by atoms with Gasteiger partial charge in [0.25, 0.3) is 5.91 Å². The SMILES string of the molecule is CSCCC(NC(=O)c1ccccc1Br)C(=O)NCc1cc(F)cc(F)c1. The van der Waals surface area contributed by atoms with Crippen LogP contribution in [-0.2, 0) is 11.3 Å². The Balaban J connectivity index is 2.04. The minimum Gasteiger partial charge on any atom is -0.350 e. The van der Waals surface area contributed by atoms with E-state index < -0.39 is 23.6 Å². The number of amides is 2. The summed E-state index contributed by atoms with van der Waals surface area (Å²) in [7, 11) is 0. The maximum absolute atomic E-state index is 13.3. The van der Waals surface area contributed by atoms with Gasteiger partial charge in [-0.15, -0.1) is 0 Å². The van der Waals surface area contributed by atoms with Gasteiger partial charge in [-0.3, -0.25) is 9.59 Å². The van der Waals surface area contributed by atoms with E-state index in [4.69, 9.17) is 0 Å². The fraction of sp³-hybridized carbons (Fsp3) is 0.263. The van der Waals surface area contributed by atoms with Crippen LogP contribution in [0, 0.1) is 11.6 Å². The molecule has 0 aliphatic carbocycles. The molecule has 1 unspecified atom stereocenters. The molecule has 0 aliphatic rings. The molecule has 0 fully saturated rings. The summed E-state index contributed by atoms with van der Waals surface area (Å²) >= 11 is 4.87. The molecule has 144 valence electrons.